The van der Waals surface area contributed by atoms with Crippen LogP contribution in [-0.2, 0) is 4.79 Å². The first-order chi connectivity index (χ1) is 5.79. The van der Waals surface area contributed by atoms with Crippen molar-refractivity contribution in [3.05, 3.63) is 25.3 Å². The van der Waals surface area contributed by atoms with Gasteiger partial charge in [-0.15, -0.1) is 0 Å². The van der Waals surface area contributed by atoms with E-state index in [0.717, 1.165) is 0 Å². The summed E-state index contributed by atoms with van der Waals surface area (Å²) >= 11 is 0. The molecule has 74 valence electrons. The smallest absolute Gasteiger partial charge is 0.230 e. The van der Waals surface area contributed by atoms with Gasteiger partial charge in [0.1, 0.15) is 0 Å². The van der Waals surface area contributed by atoms with Gasteiger partial charge in [-0.3, -0.25) is 10.5 Å². The highest BCUT2D eigenvalue weighted by molar-refractivity contribution is 5.95. The van der Waals surface area contributed by atoms with Crippen LogP contribution in [0, 0.1) is 0 Å². The molecule has 0 rings (SSSR count). The predicted molar refractivity (Wildman–Crippen MR) is 55.0 cm³/mol. The molecule has 3 heteroatoms. The Balaban J connectivity index is 4.88. The van der Waals surface area contributed by atoms with E-state index in [-0.39, 0.29) is 5.78 Å². The summed E-state index contributed by atoms with van der Waals surface area (Å²) in [4.78, 5) is 11.5. The molecule has 0 amide bonds. The van der Waals surface area contributed by atoms with Crippen molar-refractivity contribution in [3.8, 4) is 0 Å². The third-order valence-corrected chi connectivity index (χ3v) is 2.53. The molecule has 1 unspecified atom stereocenters. The zero-order valence-electron chi connectivity index (χ0n) is 8.71. The Hall–Kier alpha value is -0.930. The highest BCUT2D eigenvalue weighted by atomic mass is 16.1. The lowest BCUT2D eigenvalue weighted by Crippen LogP contribution is -2.67. The van der Waals surface area contributed by atoms with Gasteiger partial charge in [0.15, 0.2) is 0 Å². The molecule has 0 aliphatic carbocycles. The molecule has 0 radical (unpaired) electrons. The van der Waals surface area contributed by atoms with E-state index in [0.29, 0.717) is 11.0 Å². The second-order valence-corrected chi connectivity index (χ2v) is 3.87. The maximum absolute atomic E-state index is 11.5. The van der Waals surface area contributed by atoms with E-state index in [1.54, 1.807) is 13.0 Å². The molecule has 0 spiro atoms. The number of likely N-dealkylation sites (N-methyl/N-ethyl adjacent to an activating group) is 1. The molecule has 2 N–H and O–H groups in total. The molecule has 0 aromatic rings. The third kappa shape index (κ3) is 2.26. The van der Waals surface area contributed by atoms with Crippen molar-refractivity contribution in [1.29, 1.82) is 0 Å². The zero-order valence-corrected chi connectivity index (χ0v) is 8.71. The molecule has 1 atom stereocenters. The summed E-state index contributed by atoms with van der Waals surface area (Å²) < 4.78 is 0.376. The van der Waals surface area contributed by atoms with Gasteiger partial charge in [0.25, 0.3) is 0 Å². The minimum Gasteiger partial charge on any atom is -0.302 e. The fourth-order valence-electron chi connectivity index (χ4n) is 1.02. The number of ketones is 1. The molecule has 0 bridgehead atoms. The van der Waals surface area contributed by atoms with E-state index in [2.05, 4.69) is 13.2 Å². The van der Waals surface area contributed by atoms with Crippen LogP contribution in [-0.4, -0.2) is 36.6 Å². The van der Waals surface area contributed by atoms with E-state index in [1.807, 2.05) is 14.1 Å². The molecule has 0 aromatic carbocycles. The molecule has 0 aliphatic rings. The maximum Gasteiger partial charge on any atom is 0.230 e. The van der Waals surface area contributed by atoms with Gasteiger partial charge in [-0.2, -0.15) is 0 Å². The lowest BCUT2D eigenvalue weighted by molar-refractivity contribution is -0.923. The lowest BCUT2D eigenvalue weighted by atomic mass is 10.0. The number of hydrogen-bond donors (Lipinski definition) is 1. The van der Waals surface area contributed by atoms with Crippen LogP contribution < -0.4 is 5.73 Å². The molecule has 13 heavy (non-hydrogen) atoms. The SMILES string of the molecule is C=CC[N+](C)(C)C(C)(N)C(=O)C=C. The first kappa shape index (κ1) is 12.1. The number of nitrogens with two attached hydrogens (primary N) is 1. The number of hydrogen-bond acceptors (Lipinski definition) is 2. The van der Waals surface area contributed by atoms with Crippen molar-refractivity contribution < 1.29 is 9.28 Å². The molecular weight excluding hydrogens is 164 g/mol. The summed E-state index contributed by atoms with van der Waals surface area (Å²) in [6.07, 6.45) is 3.02. The van der Waals surface area contributed by atoms with Crippen LogP contribution in [0.3, 0.4) is 0 Å². The predicted octanol–water partition coefficient (Wildman–Crippen LogP) is 0.679. The number of quaternary nitrogens is 1. The van der Waals surface area contributed by atoms with E-state index >= 15 is 0 Å². The Labute approximate surface area is 80.1 Å². The van der Waals surface area contributed by atoms with Crippen molar-refractivity contribution in [2.45, 2.75) is 12.6 Å². The van der Waals surface area contributed by atoms with Crippen molar-refractivity contribution in [2.24, 2.45) is 5.73 Å². The first-order valence-corrected chi connectivity index (χ1v) is 4.19. The van der Waals surface area contributed by atoms with E-state index in [1.165, 1.54) is 6.08 Å². The van der Waals surface area contributed by atoms with Gasteiger partial charge in [0, 0.05) is 6.92 Å². The van der Waals surface area contributed by atoms with Crippen molar-refractivity contribution in [1.82, 2.24) is 0 Å². The highest BCUT2D eigenvalue weighted by Gasteiger charge is 2.41. The third-order valence-electron chi connectivity index (χ3n) is 2.53. The molecule has 0 saturated heterocycles. The van der Waals surface area contributed by atoms with Crippen molar-refractivity contribution in [2.75, 3.05) is 20.6 Å². The van der Waals surface area contributed by atoms with Gasteiger partial charge in [-0.25, -0.2) is 0 Å². The molecule has 0 fully saturated rings. The monoisotopic (exact) mass is 183 g/mol. The fraction of sp³-hybridized carbons (Fsp3) is 0.500. The van der Waals surface area contributed by atoms with E-state index in [9.17, 15) is 4.79 Å². The summed E-state index contributed by atoms with van der Waals surface area (Å²) in [5.74, 6) is -0.153. The van der Waals surface area contributed by atoms with Crippen LogP contribution in [0.5, 0.6) is 0 Å². The Morgan fingerprint density at radius 1 is 1.54 bits per heavy atom. The maximum atomic E-state index is 11.5. The number of carbonyl (C=O) groups excluding carboxylic acids is 1. The summed E-state index contributed by atoms with van der Waals surface area (Å²) in [6.45, 7) is 9.43. The van der Waals surface area contributed by atoms with Crippen molar-refractivity contribution >= 4 is 5.78 Å². The summed E-state index contributed by atoms with van der Waals surface area (Å²) in [5.41, 5.74) is 5.00. The van der Waals surface area contributed by atoms with Crippen LogP contribution >= 0.6 is 0 Å². The molecule has 3 nitrogen and oxygen atoms in total. The largest absolute Gasteiger partial charge is 0.302 e. The molecule has 0 aliphatic heterocycles. The Morgan fingerprint density at radius 2 is 2.00 bits per heavy atom. The molecule has 0 heterocycles. The minimum absolute atomic E-state index is 0.153. The first-order valence-electron chi connectivity index (χ1n) is 4.19. The van der Waals surface area contributed by atoms with Gasteiger partial charge >= 0.3 is 0 Å². The van der Waals surface area contributed by atoms with Crippen LogP contribution in [0.4, 0.5) is 0 Å². The minimum atomic E-state index is -0.935. The van der Waals surface area contributed by atoms with Crippen LogP contribution in [0.25, 0.3) is 0 Å². The van der Waals surface area contributed by atoms with Gasteiger partial charge < -0.3 is 4.48 Å². The molecule has 0 saturated carbocycles. The highest BCUT2D eigenvalue weighted by Crippen LogP contribution is 2.16. The average Bonchev–Trinajstić information content (AvgIpc) is 2.02. The fourth-order valence-corrected chi connectivity index (χ4v) is 1.02. The van der Waals surface area contributed by atoms with Gasteiger partial charge in [0.05, 0.1) is 20.6 Å². The van der Waals surface area contributed by atoms with Gasteiger partial charge in [-0.1, -0.05) is 13.2 Å². The van der Waals surface area contributed by atoms with E-state index < -0.39 is 5.66 Å². The number of nitrogens with zero attached hydrogens (tertiary/aromatic N) is 1. The van der Waals surface area contributed by atoms with E-state index in [4.69, 9.17) is 5.73 Å². The van der Waals surface area contributed by atoms with Crippen LogP contribution in [0.15, 0.2) is 25.3 Å². The second kappa shape index (κ2) is 3.85. The summed E-state index contributed by atoms with van der Waals surface area (Å²) in [7, 11) is 3.78. The standard InChI is InChI=1S/C10H19N2O/c1-6-8-12(4,5)10(3,11)9(13)7-2/h6-7H,1-2,8,11H2,3-5H3/q+1. The molecule has 0 aromatic heterocycles. The Kier molecular flexibility index (Phi) is 3.58. The second-order valence-electron chi connectivity index (χ2n) is 3.87. The molecular formula is C10H19N2O+. The number of rotatable bonds is 5. The lowest BCUT2D eigenvalue weighted by Gasteiger charge is -2.41. The normalized spacial score (nSPS) is 16.0. The average molecular weight is 183 g/mol. The Bertz CT molecular complexity index is 229. The zero-order chi connectivity index (χ0) is 10.7. The quantitative estimate of drug-likeness (QED) is 0.295. The van der Waals surface area contributed by atoms with Gasteiger partial charge in [-0.05, 0) is 12.2 Å². The topological polar surface area (TPSA) is 43.1 Å². The Morgan fingerprint density at radius 3 is 2.31 bits per heavy atom. The summed E-state index contributed by atoms with van der Waals surface area (Å²) in [6, 6.07) is 0. The van der Waals surface area contributed by atoms with Crippen LogP contribution in [0.2, 0.25) is 0 Å². The van der Waals surface area contributed by atoms with Crippen LogP contribution in [0.1, 0.15) is 6.92 Å². The van der Waals surface area contributed by atoms with Gasteiger partial charge in [0.2, 0.25) is 11.4 Å². The number of carbonyl (C=O) groups is 1. The van der Waals surface area contributed by atoms with Crippen molar-refractivity contribution in [3.63, 3.8) is 0 Å². The summed E-state index contributed by atoms with van der Waals surface area (Å²) in [5, 5.41) is 0.